The fourth-order valence-electron chi connectivity index (χ4n) is 3.19. The van der Waals surface area contributed by atoms with Crippen LogP contribution in [0.15, 0.2) is 71.8 Å². The van der Waals surface area contributed by atoms with Crippen molar-refractivity contribution in [2.24, 2.45) is 0 Å². The van der Waals surface area contributed by atoms with Gasteiger partial charge in [0.05, 0.1) is 18.1 Å². The van der Waals surface area contributed by atoms with E-state index in [4.69, 9.17) is 9.47 Å². The van der Waals surface area contributed by atoms with Gasteiger partial charge in [-0.2, -0.15) is 0 Å². The standard InChI is InChI=1S/C23H23N3O5S/c27-23(26-19-8-9-21-22(16-19)31-14-4-13-30-21)17-5-3-7-20(15-17)32(28,29)25-12-10-18-6-1-2-11-24-18/h1-3,5-9,11,15-16,25H,4,10,12-14H2,(H,26,27). The zero-order chi connectivity index (χ0) is 22.4. The summed E-state index contributed by atoms with van der Waals surface area (Å²) in [6.45, 7) is 1.32. The predicted molar refractivity (Wildman–Crippen MR) is 120 cm³/mol. The van der Waals surface area contributed by atoms with Crippen LogP contribution in [0.4, 0.5) is 5.69 Å². The minimum Gasteiger partial charge on any atom is -0.490 e. The normalized spacial score (nSPS) is 13.2. The highest BCUT2D eigenvalue weighted by molar-refractivity contribution is 7.89. The van der Waals surface area contributed by atoms with Gasteiger partial charge in [-0.05, 0) is 42.5 Å². The molecule has 0 spiro atoms. The van der Waals surface area contributed by atoms with E-state index in [0.29, 0.717) is 36.8 Å². The van der Waals surface area contributed by atoms with Crippen LogP contribution >= 0.6 is 0 Å². The minimum absolute atomic E-state index is 0.0184. The van der Waals surface area contributed by atoms with Crippen molar-refractivity contribution in [3.05, 3.63) is 78.1 Å². The van der Waals surface area contributed by atoms with Crippen molar-refractivity contribution in [1.82, 2.24) is 9.71 Å². The molecule has 0 atom stereocenters. The van der Waals surface area contributed by atoms with Gasteiger partial charge in [-0.3, -0.25) is 9.78 Å². The van der Waals surface area contributed by atoms with Crippen LogP contribution in [0.2, 0.25) is 0 Å². The lowest BCUT2D eigenvalue weighted by atomic mass is 10.2. The summed E-state index contributed by atoms with van der Waals surface area (Å²) in [5.41, 5.74) is 1.55. The summed E-state index contributed by atoms with van der Waals surface area (Å²) in [4.78, 5) is 16.9. The largest absolute Gasteiger partial charge is 0.490 e. The van der Waals surface area contributed by atoms with Crippen molar-refractivity contribution in [3.8, 4) is 11.5 Å². The molecule has 0 unspecified atom stereocenters. The Kier molecular flexibility index (Phi) is 6.67. The summed E-state index contributed by atoms with van der Waals surface area (Å²) in [6, 6.07) is 16.5. The summed E-state index contributed by atoms with van der Waals surface area (Å²) in [7, 11) is -3.77. The molecule has 2 N–H and O–H groups in total. The Bertz CT molecular complexity index is 1200. The SMILES string of the molecule is O=C(Nc1ccc2c(c1)OCCCO2)c1cccc(S(=O)(=O)NCCc2ccccn2)c1. The van der Waals surface area contributed by atoms with Crippen LogP contribution in [-0.4, -0.2) is 39.1 Å². The van der Waals surface area contributed by atoms with Crippen molar-refractivity contribution < 1.29 is 22.7 Å². The van der Waals surface area contributed by atoms with Gasteiger partial charge in [0.15, 0.2) is 11.5 Å². The van der Waals surface area contributed by atoms with Gasteiger partial charge in [-0.1, -0.05) is 12.1 Å². The number of benzene rings is 2. The summed E-state index contributed by atoms with van der Waals surface area (Å²) in [5, 5.41) is 2.77. The van der Waals surface area contributed by atoms with Crippen molar-refractivity contribution in [2.45, 2.75) is 17.7 Å². The zero-order valence-electron chi connectivity index (χ0n) is 17.3. The Morgan fingerprint density at radius 2 is 1.81 bits per heavy atom. The molecule has 0 radical (unpaired) electrons. The van der Waals surface area contributed by atoms with Crippen LogP contribution in [0.3, 0.4) is 0 Å². The van der Waals surface area contributed by atoms with Gasteiger partial charge >= 0.3 is 0 Å². The lowest BCUT2D eigenvalue weighted by molar-refractivity contribution is 0.102. The fraction of sp³-hybridized carbons (Fsp3) is 0.217. The first-order chi connectivity index (χ1) is 15.5. The molecular weight excluding hydrogens is 430 g/mol. The molecule has 0 fully saturated rings. The number of fused-ring (bicyclic) bond motifs is 1. The lowest BCUT2D eigenvalue weighted by Gasteiger charge is -2.11. The number of hydrogen-bond acceptors (Lipinski definition) is 6. The third kappa shape index (κ3) is 5.43. The lowest BCUT2D eigenvalue weighted by Crippen LogP contribution is -2.26. The van der Waals surface area contributed by atoms with Crippen molar-refractivity contribution in [3.63, 3.8) is 0 Å². The van der Waals surface area contributed by atoms with Gasteiger partial charge in [-0.25, -0.2) is 13.1 Å². The molecule has 0 aliphatic carbocycles. The second kappa shape index (κ2) is 9.80. The van der Waals surface area contributed by atoms with E-state index in [9.17, 15) is 13.2 Å². The quantitative estimate of drug-likeness (QED) is 0.570. The molecule has 3 aromatic rings. The average Bonchev–Trinajstić information content (AvgIpc) is 3.05. The molecule has 4 rings (SSSR count). The van der Waals surface area contributed by atoms with Crippen LogP contribution < -0.4 is 19.5 Å². The van der Waals surface area contributed by atoms with Crippen molar-refractivity contribution in [2.75, 3.05) is 25.1 Å². The fourth-order valence-corrected chi connectivity index (χ4v) is 4.27. The maximum atomic E-state index is 12.7. The molecule has 1 aliphatic rings. The topological polar surface area (TPSA) is 107 Å². The number of sulfonamides is 1. The van der Waals surface area contributed by atoms with E-state index in [-0.39, 0.29) is 17.0 Å². The van der Waals surface area contributed by atoms with E-state index >= 15 is 0 Å². The molecule has 0 saturated carbocycles. The molecule has 9 heteroatoms. The van der Waals surface area contributed by atoms with Gasteiger partial charge in [-0.15, -0.1) is 0 Å². The molecule has 32 heavy (non-hydrogen) atoms. The zero-order valence-corrected chi connectivity index (χ0v) is 18.1. The van der Waals surface area contributed by atoms with E-state index in [1.807, 2.05) is 12.1 Å². The first-order valence-electron chi connectivity index (χ1n) is 10.2. The first kappa shape index (κ1) is 21.8. The highest BCUT2D eigenvalue weighted by Gasteiger charge is 2.17. The molecule has 2 heterocycles. The molecule has 2 aromatic carbocycles. The Morgan fingerprint density at radius 1 is 0.969 bits per heavy atom. The maximum absolute atomic E-state index is 12.7. The Morgan fingerprint density at radius 3 is 2.62 bits per heavy atom. The second-order valence-electron chi connectivity index (χ2n) is 7.16. The number of aromatic nitrogens is 1. The second-order valence-corrected chi connectivity index (χ2v) is 8.93. The summed E-state index contributed by atoms with van der Waals surface area (Å²) in [5.74, 6) is 0.768. The molecule has 8 nitrogen and oxygen atoms in total. The third-order valence-electron chi connectivity index (χ3n) is 4.81. The van der Waals surface area contributed by atoms with Gasteiger partial charge in [0.25, 0.3) is 5.91 Å². The molecular formula is C23H23N3O5S. The Balaban J connectivity index is 1.42. The summed E-state index contributed by atoms with van der Waals surface area (Å²) < 4.78 is 39.1. The minimum atomic E-state index is -3.77. The number of carbonyl (C=O) groups is 1. The van der Waals surface area contributed by atoms with E-state index < -0.39 is 15.9 Å². The smallest absolute Gasteiger partial charge is 0.255 e. The predicted octanol–water partition coefficient (Wildman–Crippen LogP) is 3.02. The van der Waals surface area contributed by atoms with Gasteiger partial charge in [0.1, 0.15) is 0 Å². The maximum Gasteiger partial charge on any atom is 0.255 e. The molecule has 0 bridgehead atoms. The van der Waals surface area contributed by atoms with Crippen molar-refractivity contribution in [1.29, 1.82) is 0 Å². The molecule has 1 aromatic heterocycles. The summed E-state index contributed by atoms with van der Waals surface area (Å²) >= 11 is 0. The number of hydrogen-bond donors (Lipinski definition) is 2. The number of pyridine rings is 1. The van der Waals surface area contributed by atoms with Crippen LogP contribution in [-0.2, 0) is 16.4 Å². The van der Waals surface area contributed by atoms with Crippen LogP contribution in [0, 0.1) is 0 Å². The number of carbonyl (C=O) groups excluding carboxylic acids is 1. The number of nitrogens with one attached hydrogen (secondary N) is 2. The Labute approximate surface area is 186 Å². The monoisotopic (exact) mass is 453 g/mol. The van der Waals surface area contributed by atoms with Crippen LogP contribution in [0.5, 0.6) is 11.5 Å². The van der Waals surface area contributed by atoms with Crippen LogP contribution in [0.25, 0.3) is 0 Å². The number of amides is 1. The number of nitrogens with zero attached hydrogens (tertiary/aromatic N) is 1. The van der Waals surface area contributed by atoms with Gasteiger partial charge < -0.3 is 14.8 Å². The summed E-state index contributed by atoms with van der Waals surface area (Å²) in [6.07, 6.45) is 2.91. The average molecular weight is 454 g/mol. The highest BCUT2D eigenvalue weighted by Crippen LogP contribution is 2.32. The van der Waals surface area contributed by atoms with Crippen molar-refractivity contribution >= 4 is 21.6 Å². The third-order valence-corrected chi connectivity index (χ3v) is 6.27. The van der Waals surface area contributed by atoms with E-state index in [2.05, 4.69) is 15.0 Å². The Hall–Kier alpha value is -3.43. The number of anilines is 1. The van der Waals surface area contributed by atoms with Crippen LogP contribution in [0.1, 0.15) is 22.5 Å². The molecule has 1 amide bonds. The van der Waals surface area contributed by atoms with Gasteiger partial charge in [0.2, 0.25) is 10.0 Å². The van der Waals surface area contributed by atoms with Gasteiger partial charge in [0, 0.05) is 48.6 Å². The number of ether oxygens (including phenoxy) is 2. The van der Waals surface area contributed by atoms with E-state index in [0.717, 1.165) is 12.1 Å². The number of rotatable bonds is 7. The molecule has 166 valence electrons. The van der Waals surface area contributed by atoms with E-state index in [1.54, 1.807) is 36.5 Å². The van der Waals surface area contributed by atoms with E-state index in [1.165, 1.54) is 18.2 Å². The highest BCUT2D eigenvalue weighted by atomic mass is 32.2. The first-order valence-corrected chi connectivity index (χ1v) is 11.7. The molecule has 1 aliphatic heterocycles. The molecule has 0 saturated heterocycles.